The van der Waals surface area contributed by atoms with Gasteiger partial charge in [-0.05, 0) is 36.4 Å². The number of fused-ring (bicyclic) bond motifs is 1. The van der Waals surface area contributed by atoms with E-state index in [0.29, 0.717) is 5.92 Å². The number of H-pyrrole nitrogens is 1. The van der Waals surface area contributed by atoms with E-state index in [0.717, 1.165) is 34.6 Å². The SMILES string of the molecule is CC(C)CNCc1c(Sc2ncn[nH]2)nc2ccccn12. The van der Waals surface area contributed by atoms with Gasteiger partial charge in [0, 0.05) is 12.7 Å². The molecule has 21 heavy (non-hydrogen) atoms. The zero-order chi connectivity index (χ0) is 14.7. The van der Waals surface area contributed by atoms with Crippen molar-refractivity contribution in [2.24, 2.45) is 5.92 Å². The maximum Gasteiger partial charge on any atom is 0.189 e. The number of rotatable bonds is 6. The molecule has 0 aliphatic heterocycles. The predicted octanol–water partition coefficient (Wildman–Crippen LogP) is 2.35. The van der Waals surface area contributed by atoms with Crippen LogP contribution in [0.25, 0.3) is 5.65 Å². The summed E-state index contributed by atoms with van der Waals surface area (Å²) in [6, 6.07) is 6.02. The molecular formula is C14H18N6S. The Labute approximate surface area is 127 Å². The first kappa shape index (κ1) is 14.1. The summed E-state index contributed by atoms with van der Waals surface area (Å²) in [5.41, 5.74) is 2.09. The van der Waals surface area contributed by atoms with Crippen LogP contribution in [0.2, 0.25) is 0 Å². The van der Waals surface area contributed by atoms with Crippen LogP contribution in [-0.4, -0.2) is 31.1 Å². The van der Waals surface area contributed by atoms with Crippen LogP contribution in [0.5, 0.6) is 0 Å². The minimum absolute atomic E-state index is 0.620. The van der Waals surface area contributed by atoms with Crippen LogP contribution in [0, 0.1) is 5.92 Å². The number of hydrogen-bond acceptors (Lipinski definition) is 5. The van der Waals surface area contributed by atoms with Crippen molar-refractivity contribution < 1.29 is 0 Å². The van der Waals surface area contributed by atoms with Crippen LogP contribution in [0.1, 0.15) is 19.5 Å². The van der Waals surface area contributed by atoms with Crippen LogP contribution in [-0.2, 0) is 6.54 Å². The third kappa shape index (κ3) is 3.25. The lowest BCUT2D eigenvalue weighted by atomic mass is 10.2. The standard InChI is InChI=1S/C14H18N6S/c1-10(2)7-15-8-11-13(21-14-16-9-17-19-14)18-12-5-3-4-6-20(11)12/h3-6,9-10,15H,7-8H2,1-2H3,(H,16,17,19). The van der Waals surface area contributed by atoms with Crippen molar-refractivity contribution in [3.63, 3.8) is 0 Å². The molecule has 0 fully saturated rings. The van der Waals surface area contributed by atoms with Gasteiger partial charge in [-0.1, -0.05) is 19.9 Å². The molecule has 3 aromatic heterocycles. The first-order chi connectivity index (χ1) is 10.2. The highest BCUT2D eigenvalue weighted by atomic mass is 32.2. The molecule has 0 saturated heterocycles. The number of hydrogen-bond donors (Lipinski definition) is 2. The number of pyridine rings is 1. The van der Waals surface area contributed by atoms with E-state index < -0.39 is 0 Å². The van der Waals surface area contributed by atoms with E-state index in [4.69, 9.17) is 0 Å². The highest BCUT2D eigenvalue weighted by molar-refractivity contribution is 7.99. The zero-order valence-electron chi connectivity index (χ0n) is 12.1. The second-order valence-corrected chi connectivity index (χ2v) is 6.19. The first-order valence-corrected chi connectivity index (χ1v) is 7.75. The second-order valence-electron chi connectivity index (χ2n) is 5.21. The van der Waals surface area contributed by atoms with Gasteiger partial charge in [-0.2, -0.15) is 5.10 Å². The van der Waals surface area contributed by atoms with Gasteiger partial charge in [0.25, 0.3) is 0 Å². The average Bonchev–Trinajstić information content (AvgIpc) is 3.07. The molecule has 0 aliphatic rings. The molecule has 0 bridgehead atoms. The molecule has 3 heterocycles. The normalized spacial score (nSPS) is 11.6. The van der Waals surface area contributed by atoms with Crippen LogP contribution >= 0.6 is 11.8 Å². The van der Waals surface area contributed by atoms with E-state index in [9.17, 15) is 0 Å². The fraction of sp³-hybridized carbons (Fsp3) is 0.357. The Bertz CT molecular complexity index is 703. The van der Waals surface area contributed by atoms with Crippen LogP contribution < -0.4 is 5.32 Å². The van der Waals surface area contributed by atoms with Crippen molar-refractivity contribution in [2.75, 3.05) is 6.54 Å². The number of nitrogens with one attached hydrogen (secondary N) is 2. The van der Waals surface area contributed by atoms with Crippen molar-refractivity contribution in [3.05, 3.63) is 36.4 Å². The van der Waals surface area contributed by atoms with Gasteiger partial charge in [-0.15, -0.1) is 0 Å². The molecule has 0 aliphatic carbocycles. The van der Waals surface area contributed by atoms with Gasteiger partial charge in [0.1, 0.15) is 17.0 Å². The van der Waals surface area contributed by atoms with E-state index in [1.165, 1.54) is 18.1 Å². The molecule has 0 atom stereocenters. The highest BCUT2D eigenvalue weighted by Gasteiger charge is 2.14. The van der Waals surface area contributed by atoms with Crippen molar-refractivity contribution in [1.29, 1.82) is 0 Å². The molecule has 3 aromatic rings. The first-order valence-electron chi connectivity index (χ1n) is 6.94. The zero-order valence-corrected chi connectivity index (χ0v) is 12.9. The van der Waals surface area contributed by atoms with Gasteiger partial charge < -0.3 is 9.72 Å². The summed E-state index contributed by atoms with van der Waals surface area (Å²) in [6.07, 6.45) is 3.55. The average molecular weight is 302 g/mol. The lowest BCUT2D eigenvalue weighted by Gasteiger charge is -2.08. The Morgan fingerprint density at radius 3 is 3.05 bits per heavy atom. The largest absolute Gasteiger partial charge is 0.311 e. The molecule has 6 nitrogen and oxygen atoms in total. The maximum absolute atomic E-state index is 4.68. The summed E-state index contributed by atoms with van der Waals surface area (Å²) in [7, 11) is 0. The van der Waals surface area contributed by atoms with Crippen LogP contribution in [0.4, 0.5) is 0 Å². The molecule has 110 valence electrons. The summed E-state index contributed by atoms with van der Waals surface area (Å²) < 4.78 is 2.12. The van der Waals surface area contributed by atoms with Gasteiger partial charge in [0.2, 0.25) is 0 Å². The molecule has 0 unspecified atom stereocenters. The maximum atomic E-state index is 4.68. The van der Waals surface area contributed by atoms with Gasteiger partial charge in [0.15, 0.2) is 5.16 Å². The minimum atomic E-state index is 0.620. The number of nitrogens with zero attached hydrogens (tertiary/aromatic N) is 4. The smallest absolute Gasteiger partial charge is 0.189 e. The van der Waals surface area contributed by atoms with Gasteiger partial charge in [-0.3, -0.25) is 5.10 Å². The van der Waals surface area contributed by atoms with Crippen LogP contribution in [0.3, 0.4) is 0 Å². The van der Waals surface area contributed by atoms with Gasteiger partial charge in [-0.25, -0.2) is 9.97 Å². The second kappa shape index (κ2) is 6.28. The molecule has 0 radical (unpaired) electrons. The number of imidazole rings is 1. The Morgan fingerprint density at radius 2 is 2.29 bits per heavy atom. The minimum Gasteiger partial charge on any atom is -0.311 e. The van der Waals surface area contributed by atoms with Crippen molar-refractivity contribution >= 4 is 17.4 Å². The lowest BCUT2D eigenvalue weighted by Crippen LogP contribution is -2.20. The van der Waals surface area contributed by atoms with E-state index in [-0.39, 0.29) is 0 Å². The number of aromatic nitrogens is 5. The summed E-state index contributed by atoms with van der Waals surface area (Å²) in [5.74, 6) is 0.620. The van der Waals surface area contributed by atoms with Crippen molar-refractivity contribution in [2.45, 2.75) is 30.6 Å². The summed E-state index contributed by atoms with van der Waals surface area (Å²) in [6.45, 7) is 6.16. The molecule has 2 N–H and O–H groups in total. The summed E-state index contributed by atoms with van der Waals surface area (Å²) in [5, 5.41) is 11.9. The lowest BCUT2D eigenvalue weighted by molar-refractivity contribution is 0.544. The Hall–Kier alpha value is -1.86. The van der Waals surface area contributed by atoms with Crippen molar-refractivity contribution in [1.82, 2.24) is 29.9 Å². The van der Waals surface area contributed by atoms with Gasteiger partial charge in [0.05, 0.1) is 5.69 Å². The van der Waals surface area contributed by atoms with Crippen molar-refractivity contribution in [3.8, 4) is 0 Å². The molecule has 0 aromatic carbocycles. The van der Waals surface area contributed by atoms with E-state index in [1.807, 2.05) is 24.4 Å². The van der Waals surface area contributed by atoms with Gasteiger partial charge >= 0.3 is 0 Å². The Morgan fingerprint density at radius 1 is 1.38 bits per heavy atom. The fourth-order valence-electron chi connectivity index (χ4n) is 2.08. The third-order valence-electron chi connectivity index (χ3n) is 3.02. The molecule has 3 rings (SSSR count). The molecule has 0 amide bonds. The molecule has 0 spiro atoms. The fourth-order valence-corrected chi connectivity index (χ4v) is 2.89. The Kier molecular flexibility index (Phi) is 4.21. The highest BCUT2D eigenvalue weighted by Crippen LogP contribution is 2.27. The van der Waals surface area contributed by atoms with E-state index >= 15 is 0 Å². The quantitative estimate of drug-likeness (QED) is 0.731. The van der Waals surface area contributed by atoms with E-state index in [2.05, 4.69) is 43.7 Å². The predicted molar refractivity (Wildman–Crippen MR) is 82.2 cm³/mol. The number of aromatic amines is 1. The topological polar surface area (TPSA) is 70.9 Å². The molecule has 7 heteroatoms. The summed E-state index contributed by atoms with van der Waals surface area (Å²) in [4.78, 5) is 8.84. The molecular weight excluding hydrogens is 284 g/mol. The van der Waals surface area contributed by atoms with E-state index in [1.54, 1.807) is 0 Å². The molecule has 0 saturated carbocycles. The third-order valence-corrected chi connectivity index (χ3v) is 3.93. The monoisotopic (exact) mass is 302 g/mol. The summed E-state index contributed by atoms with van der Waals surface area (Å²) >= 11 is 1.50. The Balaban J connectivity index is 1.89. The van der Waals surface area contributed by atoms with Crippen LogP contribution in [0.15, 0.2) is 40.9 Å².